The summed E-state index contributed by atoms with van der Waals surface area (Å²) in [6.45, 7) is 4.32. The lowest BCUT2D eigenvalue weighted by molar-refractivity contribution is -0.143. The number of hydrogen-bond acceptors (Lipinski definition) is 4. The van der Waals surface area contributed by atoms with Crippen LogP contribution in [0.15, 0.2) is 10.5 Å². The van der Waals surface area contributed by atoms with Gasteiger partial charge in [0.1, 0.15) is 0 Å². The van der Waals surface area contributed by atoms with Gasteiger partial charge in [-0.15, -0.1) is 11.3 Å². The Morgan fingerprint density at radius 1 is 1.65 bits per heavy atom. The predicted octanol–water partition coefficient (Wildman–Crippen LogP) is 3.03. The topological polar surface area (TPSA) is 52.3 Å². The van der Waals surface area contributed by atoms with Crippen LogP contribution in [0, 0.1) is 6.92 Å². The van der Waals surface area contributed by atoms with Gasteiger partial charge in [0.15, 0.2) is 0 Å². The molecule has 1 heterocycles. The molecule has 1 atom stereocenters. The number of carbonyl (C=O) groups excluding carboxylic acids is 1. The lowest BCUT2D eigenvalue weighted by Crippen LogP contribution is -2.23. The number of halogens is 1. The van der Waals surface area contributed by atoms with Gasteiger partial charge >= 0.3 is 5.97 Å². The average molecular weight is 320 g/mol. The minimum absolute atomic E-state index is 0.0179. The Balaban J connectivity index is 2.34. The molecule has 0 saturated carbocycles. The molecule has 0 aliphatic carbocycles. The lowest BCUT2D eigenvalue weighted by atomic mass is 10.1. The molecule has 0 aliphatic rings. The van der Waals surface area contributed by atoms with Crippen molar-refractivity contribution >= 4 is 33.2 Å². The Hall–Kier alpha value is -0.390. The smallest absolute Gasteiger partial charge is 0.305 e. The minimum atomic E-state index is -0.161. The first-order chi connectivity index (χ1) is 8.02. The van der Waals surface area contributed by atoms with E-state index in [1.165, 1.54) is 9.75 Å². The van der Waals surface area contributed by atoms with Crippen molar-refractivity contribution in [1.82, 2.24) is 0 Å². The van der Waals surface area contributed by atoms with Gasteiger partial charge in [0.25, 0.3) is 0 Å². The van der Waals surface area contributed by atoms with Crippen molar-refractivity contribution in [3.63, 3.8) is 0 Å². The molecule has 0 spiro atoms. The van der Waals surface area contributed by atoms with Gasteiger partial charge in [-0.05, 0) is 48.7 Å². The van der Waals surface area contributed by atoms with Gasteiger partial charge in [0.05, 0.1) is 6.61 Å². The van der Waals surface area contributed by atoms with Gasteiger partial charge in [-0.25, -0.2) is 0 Å². The van der Waals surface area contributed by atoms with E-state index >= 15 is 0 Å². The third kappa shape index (κ3) is 5.19. The second-order valence-electron chi connectivity index (χ2n) is 3.92. The van der Waals surface area contributed by atoms with Crippen molar-refractivity contribution in [2.24, 2.45) is 5.73 Å². The predicted molar refractivity (Wildman–Crippen MR) is 74.3 cm³/mol. The van der Waals surface area contributed by atoms with Crippen molar-refractivity contribution in [3.05, 3.63) is 20.3 Å². The van der Waals surface area contributed by atoms with Crippen LogP contribution in [-0.4, -0.2) is 18.6 Å². The van der Waals surface area contributed by atoms with Gasteiger partial charge in [0.2, 0.25) is 0 Å². The van der Waals surface area contributed by atoms with Crippen LogP contribution in [-0.2, 0) is 16.0 Å². The number of ether oxygens (including phenoxy) is 1. The normalized spacial score (nSPS) is 12.5. The highest BCUT2D eigenvalue weighted by Gasteiger charge is 2.11. The number of aryl methyl sites for hydroxylation is 1. The highest BCUT2D eigenvalue weighted by Crippen LogP contribution is 2.27. The monoisotopic (exact) mass is 319 g/mol. The summed E-state index contributed by atoms with van der Waals surface area (Å²) in [5.74, 6) is -0.161. The Bertz CT molecular complexity index is 359. The fourth-order valence-corrected chi connectivity index (χ4v) is 3.21. The molecule has 3 nitrogen and oxygen atoms in total. The van der Waals surface area contributed by atoms with Gasteiger partial charge in [-0.2, -0.15) is 0 Å². The Kier molecular flexibility index (Phi) is 6.16. The van der Waals surface area contributed by atoms with Crippen LogP contribution in [0.3, 0.4) is 0 Å². The number of nitrogens with two attached hydrogens (primary N) is 1. The second kappa shape index (κ2) is 7.13. The molecule has 1 unspecified atom stereocenters. The maximum atomic E-state index is 11.2. The molecule has 1 aromatic heterocycles. The van der Waals surface area contributed by atoms with Crippen molar-refractivity contribution in [2.45, 2.75) is 39.2 Å². The van der Waals surface area contributed by atoms with E-state index in [1.54, 1.807) is 11.3 Å². The second-order valence-corrected chi connectivity index (χ2v) is 6.12. The van der Waals surface area contributed by atoms with Gasteiger partial charge in [-0.3, -0.25) is 4.79 Å². The summed E-state index contributed by atoms with van der Waals surface area (Å²) in [5.41, 5.74) is 5.99. The molecular weight excluding hydrogens is 302 g/mol. The molecular formula is C12H18BrNO2S. The first-order valence-electron chi connectivity index (χ1n) is 5.69. The van der Waals surface area contributed by atoms with Crippen LogP contribution >= 0.6 is 27.3 Å². The molecule has 5 heteroatoms. The van der Waals surface area contributed by atoms with E-state index in [2.05, 4.69) is 28.9 Å². The summed E-state index contributed by atoms with van der Waals surface area (Å²) in [5, 5.41) is 0. The molecule has 0 aromatic carbocycles. The Morgan fingerprint density at radius 2 is 2.35 bits per heavy atom. The van der Waals surface area contributed by atoms with E-state index in [0.29, 0.717) is 19.4 Å². The molecule has 0 saturated heterocycles. The molecule has 0 fully saturated rings. The minimum Gasteiger partial charge on any atom is -0.466 e. The van der Waals surface area contributed by atoms with Gasteiger partial charge in [0, 0.05) is 26.7 Å². The first-order valence-corrected chi connectivity index (χ1v) is 7.30. The Morgan fingerprint density at radius 3 is 2.88 bits per heavy atom. The first kappa shape index (κ1) is 14.7. The van der Waals surface area contributed by atoms with Crippen molar-refractivity contribution < 1.29 is 9.53 Å². The number of esters is 1. The highest BCUT2D eigenvalue weighted by molar-refractivity contribution is 9.10. The summed E-state index contributed by atoms with van der Waals surface area (Å²) in [6.07, 6.45) is 1.89. The summed E-state index contributed by atoms with van der Waals surface area (Å²) in [7, 11) is 0. The summed E-state index contributed by atoms with van der Waals surface area (Å²) in [6, 6.07) is 2.12. The molecule has 17 heavy (non-hydrogen) atoms. The molecule has 0 radical (unpaired) electrons. The molecule has 96 valence electrons. The molecule has 0 bridgehead atoms. The van der Waals surface area contributed by atoms with Crippen molar-refractivity contribution in [1.29, 1.82) is 0 Å². The van der Waals surface area contributed by atoms with E-state index in [1.807, 2.05) is 6.92 Å². The van der Waals surface area contributed by atoms with E-state index < -0.39 is 0 Å². The number of hydrogen-bond donors (Lipinski definition) is 1. The fourth-order valence-electron chi connectivity index (χ4n) is 1.52. The SMILES string of the molecule is CCOC(=O)CCC(N)Cc1cc(Br)c(C)s1. The number of thiophene rings is 1. The van der Waals surface area contributed by atoms with Crippen molar-refractivity contribution in [3.8, 4) is 0 Å². The van der Waals surface area contributed by atoms with Crippen LogP contribution in [0.2, 0.25) is 0 Å². The summed E-state index contributed by atoms with van der Waals surface area (Å²) in [4.78, 5) is 13.7. The zero-order valence-corrected chi connectivity index (χ0v) is 12.6. The maximum Gasteiger partial charge on any atom is 0.305 e. The van der Waals surface area contributed by atoms with Crippen LogP contribution < -0.4 is 5.73 Å². The van der Waals surface area contributed by atoms with E-state index in [0.717, 1.165) is 10.9 Å². The van der Waals surface area contributed by atoms with Crippen LogP contribution in [0.4, 0.5) is 0 Å². The van der Waals surface area contributed by atoms with Gasteiger partial charge < -0.3 is 10.5 Å². The van der Waals surface area contributed by atoms with E-state index in [4.69, 9.17) is 10.5 Å². The maximum absolute atomic E-state index is 11.2. The molecule has 0 aliphatic heterocycles. The highest BCUT2D eigenvalue weighted by atomic mass is 79.9. The molecule has 1 aromatic rings. The largest absolute Gasteiger partial charge is 0.466 e. The summed E-state index contributed by atoms with van der Waals surface area (Å²) < 4.78 is 6.00. The van der Waals surface area contributed by atoms with Gasteiger partial charge in [-0.1, -0.05) is 0 Å². The third-order valence-corrected chi connectivity index (χ3v) is 4.56. The van der Waals surface area contributed by atoms with Crippen LogP contribution in [0.25, 0.3) is 0 Å². The zero-order valence-electron chi connectivity index (χ0n) is 10.2. The molecule has 2 N–H and O–H groups in total. The molecule has 1 rings (SSSR count). The average Bonchev–Trinajstić information content (AvgIpc) is 2.55. The third-order valence-electron chi connectivity index (χ3n) is 2.40. The number of rotatable bonds is 6. The zero-order chi connectivity index (χ0) is 12.8. The van der Waals surface area contributed by atoms with E-state index in [-0.39, 0.29) is 12.0 Å². The molecule has 0 amide bonds. The number of carbonyl (C=O) groups is 1. The van der Waals surface area contributed by atoms with Crippen LogP contribution in [0.5, 0.6) is 0 Å². The lowest BCUT2D eigenvalue weighted by Gasteiger charge is -2.09. The Labute approximate surface area is 114 Å². The standard InChI is InChI=1S/C12H18BrNO2S/c1-3-16-12(15)5-4-9(14)6-10-7-11(13)8(2)17-10/h7,9H,3-6,14H2,1-2H3. The quantitative estimate of drug-likeness (QED) is 0.820. The fraction of sp³-hybridized carbons (Fsp3) is 0.583. The van der Waals surface area contributed by atoms with Crippen molar-refractivity contribution in [2.75, 3.05) is 6.61 Å². The summed E-state index contributed by atoms with van der Waals surface area (Å²) >= 11 is 5.23. The van der Waals surface area contributed by atoms with E-state index in [9.17, 15) is 4.79 Å². The van der Waals surface area contributed by atoms with Crippen LogP contribution in [0.1, 0.15) is 29.5 Å².